The Bertz CT molecular complexity index is 391. The van der Waals surface area contributed by atoms with Gasteiger partial charge in [0.2, 0.25) is 10.0 Å². The quantitative estimate of drug-likeness (QED) is 0.506. The second kappa shape index (κ2) is 9.85. The predicted octanol–water partition coefficient (Wildman–Crippen LogP) is 2.68. The molecule has 0 bridgehead atoms. The molecule has 22 heavy (non-hydrogen) atoms. The summed E-state index contributed by atoms with van der Waals surface area (Å²) >= 11 is 0. The number of nitrogens with two attached hydrogens (primary N) is 1. The largest absolute Gasteiger partial charge is 0.396 e. The van der Waals surface area contributed by atoms with E-state index in [2.05, 4.69) is 13.8 Å². The minimum absolute atomic E-state index is 0.00884. The van der Waals surface area contributed by atoms with E-state index in [1.807, 2.05) is 13.8 Å². The summed E-state index contributed by atoms with van der Waals surface area (Å²) in [5.41, 5.74) is -0.266. The molecule has 0 fully saturated rings. The van der Waals surface area contributed by atoms with E-state index in [1.54, 1.807) is 0 Å². The molecule has 0 aliphatic rings. The lowest BCUT2D eigenvalue weighted by atomic mass is 9.88. The maximum atomic E-state index is 11.1. The molecule has 6 heteroatoms. The van der Waals surface area contributed by atoms with Crippen LogP contribution in [0.15, 0.2) is 0 Å². The fourth-order valence-electron chi connectivity index (χ4n) is 2.41. The first-order valence-electron chi connectivity index (χ1n) is 8.17. The number of ether oxygens (including phenoxy) is 1. The van der Waals surface area contributed by atoms with Crippen LogP contribution in [0.25, 0.3) is 0 Å². The number of primary sulfonamides is 1. The molecule has 0 saturated carbocycles. The van der Waals surface area contributed by atoms with Gasteiger partial charge < -0.3 is 9.84 Å². The highest BCUT2D eigenvalue weighted by Crippen LogP contribution is 2.24. The van der Waals surface area contributed by atoms with Gasteiger partial charge in [0.25, 0.3) is 0 Å². The second-order valence-corrected chi connectivity index (χ2v) is 9.43. The maximum Gasteiger partial charge on any atom is 0.209 e. The maximum absolute atomic E-state index is 11.1. The average Bonchev–Trinajstić information content (AvgIpc) is 2.33. The van der Waals surface area contributed by atoms with E-state index < -0.39 is 10.0 Å². The Morgan fingerprint density at radius 1 is 0.909 bits per heavy atom. The zero-order chi connectivity index (χ0) is 17.3. The predicted molar refractivity (Wildman–Crippen MR) is 91.1 cm³/mol. The molecule has 0 spiro atoms. The smallest absolute Gasteiger partial charge is 0.209 e. The lowest BCUT2D eigenvalue weighted by Crippen LogP contribution is -2.29. The minimum Gasteiger partial charge on any atom is -0.396 e. The van der Waals surface area contributed by atoms with Crippen molar-refractivity contribution in [2.45, 2.75) is 66.2 Å². The van der Waals surface area contributed by atoms with Crippen LogP contribution in [-0.4, -0.2) is 39.1 Å². The zero-order valence-electron chi connectivity index (χ0n) is 14.7. The summed E-state index contributed by atoms with van der Waals surface area (Å²) in [7, 11) is -3.40. The molecule has 5 nitrogen and oxygen atoms in total. The summed E-state index contributed by atoms with van der Waals surface area (Å²) in [5.74, 6) is 0.0293. The highest BCUT2D eigenvalue weighted by Gasteiger charge is 2.23. The molecule has 0 aliphatic heterocycles. The molecule has 0 aliphatic carbocycles. The number of hydrogen-bond acceptors (Lipinski definition) is 4. The van der Waals surface area contributed by atoms with Gasteiger partial charge in [-0.1, -0.05) is 40.5 Å². The molecule has 0 amide bonds. The lowest BCUT2D eigenvalue weighted by Gasteiger charge is -2.23. The van der Waals surface area contributed by atoms with Crippen LogP contribution < -0.4 is 5.14 Å². The van der Waals surface area contributed by atoms with E-state index in [0.717, 1.165) is 51.7 Å². The number of aliphatic hydroxyl groups excluding tert-OH is 1. The van der Waals surface area contributed by atoms with Gasteiger partial charge in [-0.15, -0.1) is 0 Å². The molecule has 0 atom stereocenters. The summed E-state index contributed by atoms with van der Waals surface area (Å²) in [5, 5.41) is 14.2. The molecule has 134 valence electrons. The molecule has 0 aromatic rings. The van der Waals surface area contributed by atoms with Crippen molar-refractivity contribution in [3.05, 3.63) is 0 Å². The van der Waals surface area contributed by atoms with Crippen molar-refractivity contribution < 1.29 is 18.3 Å². The van der Waals surface area contributed by atoms with Gasteiger partial charge in [0.05, 0.1) is 5.75 Å². The van der Waals surface area contributed by atoms with Crippen molar-refractivity contribution in [2.24, 2.45) is 16.0 Å². The summed E-state index contributed by atoms with van der Waals surface area (Å²) < 4.78 is 27.8. The van der Waals surface area contributed by atoms with E-state index in [0.29, 0.717) is 0 Å². The molecule has 0 rings (SSSR count). The zero-order valence-corrected chi connectivity index (χ0v) is 15.5. The molecular weight excluding hydrogens is 302 g/mol. The van der Waals surface area contributed by atoms with Crippen molar-refractivity contribution in [3.63, 3.8) is 0 Å². The highest BCUT2D eigenvalue weighted by atomic mass is 32.2. The minimum atomic E-state index is -3.40. The van der Waals surface area contributed by atoms with Gasteiger partial charge >= 0.3 is 0 Å². The van der Waals surface area contributed by atoms with Crippen LogP contribution in [-0.2, 0) is 14.8 Å². The van der Waals surface area contributed by atoms with E-state index >= 15 is 0 Å². The Morgan fingerprint density at radius 2 is 1.36 bits per heavy atom. The Kier molecular flexibility index (Phi) is 9.78. The topological polar surface area (TPSA) is 89.6 Å². The van der Waals surface area contributed by atoms with Crippen LogP contribution in [0.1, 0.15) is 66.2 Å². The van der Waals surface area contributed by atoms with E-state index in [4.69, 9.17) is 15.0 Å². The fraction of sp³-hybridized carbons (Fsp3) is 1.00. The number of aliphatic hydroxyl groups is 1. The molecule has 3 N–H and O–H groups in total. The summed E-state index contributed by atoms with van der Waals surface area (Å²) in [6, 6.07) is 0. The number of unbranched alkanes of at least 4 members (excludes halogenated alkanes) is 2. The molecule has 0 heterocycles. The molecule has 0 unspecified atom stereocenters. The molecule has 0 radical (unpaired) electrons. The van der Waals surface area contributed by atoms with Crippen LogP contribution in [0.5, 0.6) is 0 Å². The van der Waals surface area contributed by atoms with Gasteiger partial charge in [-0.2, -0.15) is 0 Å². The number of sulfonamides is 1. The van der Waals surface area contributed by atoms with E-state index in [9.17, 15) is 8.42 Å². The van der Waals surface area contributed by atoms with Gasteiger partial charge in [-0.05, 0) is 36.5 Å². The van der Waals surface area contributed by atoms with Crippen LogP contribution in [0.3, 0.4) is 0 Å². The lowest BCUT2D eigenvalue weighted by molar-refractivity contribution is 0.113. The van der Waals surface area contributed by atoms with Crippen molar-refractivity contribution in [1.29, 1.82) is 0 Å². The Balaban J connectivity index is 3.55. The van der Waals surface area contributed by atoms with E-state index in [1.165, 1.54) is 0 Å². The van der Waals surface area contributed by atoms with Crippen molar-refractivity contribution in [1.82, 2.24) is 0 Å². The molecule has 0 aromatic heterocycles. The van der Waals surface area contributed by atoms with Gasteiger partial charge in [-0.25, -0.2) is 13.6 Å². The van der Waals surface area contributed by atoms with Crippen LogP contribution >= 0.6 is 0 Å². The normalized spacial score (nSPS) is 13.5. The number of rotatable bonds is 13. The standard InChI is InChI=1S/C16H35NO4S/c1-15(2,13-18)9-5-7-11-21-12-8-6-10-16(3,4)14-22(17,19)20/h18H,5-14H2,1-4H3,(H2,17,19,20). The highest BCUT2D eigenvalue weighted by molar-refractivity contribution is 7.89. The van der Waals surface area contributed by atoms with Gasteiger partial charge in [0.1, 0.15) is 0 Å². The van der Waals surface area contributed by atoms with Gasteiger partial charge in [0.15, 0.2) is 0 Å². The monoisotopic (exact) mass is 337 g/mol. The number of hydrogen-bond donors (Lipinski definition) is 2. The Hall–Kier alpha value is -0.170. The first kappa shape index (κ1) is 21.8. The summed E-state index contributed by atoms with van der Waals surface area (Å²) in [4.78, 5) is 0. The van der Waals surface area contributed by atoms with Gasteiger partial charge in [0, 0.05) is 19.8 Å². The Morgan fingerprint density at radius 3 is 1.77 bits per heavy atom. The summed E-state index contributed by atoms with van der Waals surface area (Å²) in [6.07, 6.45) is 5.80. The van der Waals surface area contributed by atoms with Crippen molar-refractivity contribution in [2.75, 3.05) is 25.6 Å². The molecule has 0 aromatic carbocycles. The SMILES string of the molecule is CC(C)(CO)CCCCOCCCCC(C)(C)CS(N)(=O)=O. The third kappa shape index (κ3) is 13.5. The van der Waals surface area contributed by atoms with Crippen LogP contribution in [0.4, 0.5) is 0 Å². The van der Waals surface area contributed by atoms with E-state index in [-0.39, 0.29) is 23.2 Å². The second-order valence-electron chi connectivity index (χ2n) is 7.82. The van der Waals surface area contributed by atoms with Crippen molar-refractivity contribution in [3.8, 4) is 0 Å². The van der Waals surface area contributed by atoms with Crippen molar-refractivity contribution >= 4 is 10.0 Å². The molecule has 0 saturated heterocycles. The van der Waals surface area contributed by atoms with Gasteiger partial charge in [-0.3, -0.25) is 0 Å². The summed E-state index contributed by atoms with van der Waals surface area (Å²) in [6.45, 7) is 9.69. The first-order chi connectivity index (χ1) is 9.97. The third-order valence-electron chi connectivity index (χ3n) is 3.80. The third-order valence-corrected chi connectivity index (χ3v) is 4.99. The average molecular weight is 338 g/mol. The first-order valence-corrected chi connectivity index (χ1v) is 9.88. The Labute approximate surface area is 136 Å². The van der Waals surface area contributed by atoms with Crippen LogP contribution in [0, 0.1) is 10.8 Å². The van der Waals surface area contributed by atoms with Crippen LogP contribution in [0.2, 0.25) is 0 Å². The fourth-order valence-corrected chi connectivity index (χ4v) is 3.65. The molecular formula is C16H35NO4S.